The Morgan fingerprint density at radius 3 is 2.50 bits per heavy atom. The van der Waals surface area contributed by atoms with Crippen LogP contribution < -0.4 is 0 Å². The van der Waals surface area contributed by atoms with E-state index in [9.17, 15) is 4.79 Å². The van der Waals surface area contributed by atoms with Gasteiger partial charge in [-0.15, -0.1) is 0 Å². The Balaban J connectivity index is 2.45. The van der Waals surface area contributed by atoms with E-state index in [2.05, 4.69) is 27.7 Å². The van der Waals surface area contributed by atoms with E-state index in [1.165, 1.54) is 19.3 Å². The summed E-state index contributed by atoms with van der Waals surface area (Å²) in [5.74, 6) is 1.66. The molecule has 2 atom stereocenters. The minimum atomic E-state index is 0.379. The lowest BCUT2D eigenvalue weighted by Crippen LogP contribution is -2.32. The summed E-state index contributed by atoms with van der Waals surface area (Å²) in [7, 11) is 0. The summed E-state index contributed by atoms with van der Waals surface area (Å²) < 4.78 is 0. The first-order valence-corrected chi connectivity index (χ1v) is 6.98. The van der Waals surface area contributed by atoms with Crippen LogP contribution >= 0.6 is 0 Å². The first kappa shape index (κ1) is 13.7. The second-order valence-electron chi connectivity index (χ2n) is 6.50. The second kappa shape index (κ2) is 5.84. The average molecular weight is 224 g/mol. The van der Waals surface area contributed by atoms with Gasteiger partial charge in [-0.2, -0.15) is 0 Å². The van der Waals surface area contributed by atoms with E-state index in [-0.39, 0.29) is 0 Å². The number of hydrogen-bond acceptors (Lipinski definition) is 1. The van der Waals surface area contributed by atoms with Crippen molar-refractivity contribution in [2.75, 3.05) is 0 Å². The van der Waals surface area contributed by atoms with Gasteiger partial charge in [0, 0.05) is 12.3 Å². The van der Waals surface area contributed by atoms with Gasteiger partial charge in [-0.05, 0) is 30.6 Å². The zero-order chi connectivity index (χ0) is 12.2. The zero-order valence-electron chi connectivity index (χ0n) is 11.5. The third kappa shape index (κ3) is 3.92. The van der Waals surface area contributed by atoms with Crippen LogP contribution in [0.15, 0.2) is 0 Å². The smallest absolute Gasteiger partial charge is 0.135 e. The molecule has 0 N–H and O–H groups in total. The van der Waals surface area contributed by atoms with Crippen molar-refractivity contribution < 1.29 is 4.79 Å². The van der Waals surface area contributed by atoms with Crippen LogP contribution in [0.2, 0.25) is 0 Å². The second-order valence-corrected chi connectivity index (χ2v) is 6.50. The van der Waals surface area contributed by atoms with Crippen molar-refractivity contribution in [1.29, 1.82) is 0 Å². The third-order valence-electron chi connectivity index (χ3n) is 4.14. The van der Waals surface area contributed by atoms with Crippen LogP contribution in [-0.4, -0.2) is 5.78 Å². The molecule has 1 saturated carbocycles. The van der Waals surface area contributed by atoms with Gasteiger partial charge in [0.05, 0.1) is 0 Å². The largest absolute Gasteiger partial charge is 0.299 e. The molecule has 1 nitrogen and oxygen atoms in total. The van der Waals surface area contributed by atoms with Gasteiger partial charge in [0.25, 0.3) is 0 Å². The van der Waals surface area contributed by atoms with Crippen LogP contribution in [0.5, 0.6) is 0 Å². The molecule has 0 saturated heterocycles. The highest BCUT2D eigenvalue weighted by Crippen LogP contribution is 2.40. The zero-order valence-corrected chi connectivity index (χ0v) is 11.5. The molecule has 0 radical (unpaired) electrons. The minimum absolute atomic E-state index is 0.379. The van der Waals surface area contributed by atoms with Crippen LogP contribution in [0.25, 0.3) is 0 Å². The first-order chi connectivity index (χ1) is 7.45. The molecule has 16 heavy (non-hydrogen) atoms. The Hall–Kier alpha value is -0.330. The highest BCUT2D eigenvalue weighted by atomic mass is 16.1. The molecule has 0 aromatic carbocycles. The Morgan fingerprint density at radius 2 is 1.94 bits per heavy atom. The van der Waals surface area contributed by atoms with Crippen LogP contribution in [0.1, 0.15) is 72.6 Å². The van der Waals surface area contributed by atoms with Gasteiger partial charge in [0.15, 0.2) is 0 Å². The van der Waals surface area contributed by atoms with Crippen LogP contribution in [0.4, 0.5) is 0 Å². The predicted octanol–water partition coefficient (Wildman–Crippen LogP) is 4.60. The van der Waals surface area contributed by atoms with Crippen LogP contribution in [0.3, 0.4) is 0 Å². The van der Waals surface area contributed by atoms with Gasteiger partial charge in [-0.3, -0.25) is 4.79 Å². The van der Waals surface area contributed by atoms with Crippen molar-refractivity contribution in [3.63, 3.8) is 0 Å². The van der Waals surface area contributed by atoms with Gasteiger partial charge in [-0.1, -0.05) is 47.0 Å². The fraction of sp³-hybridized carbons (Fsp3) is 0.933. The lowest BCUT2D eigenvalue weighted by molar-refractivity contribution is -0.126. The highest BCUT2D eigenvalue weighted by Gasteiger charge is 2.34. The number of unbranched alkanes of at least 4 members (excludes halogenated alkanes) is 2. The average Bonchev–Trinajstić information content (AvgIpc) is 2.19. The molecule has 1 rings (SSSR count). The summed E-state index contributed by atoms with van der Waals surface area (Å²) in [4.78, 5) is 11.9. The van der Waals surface area contributed by atoms with E-state index in [0.717, 1.165) is 31.6 Å². The Morgan fingerprint density at radius 1 is 1.25 bits per heavy atom. The molecule has 1 fully saturated rings. The molecular weight excluding hydrogens is 196 g/mol. The molecule has 2 unspecified atom stereocenters. The summed E-state index contributed by atoms with van der Waals surface area (Å²) in [6.07, 6.45) is 8.01. The number of carbonyl (C=O) groups excluding carboxylic acids is 1. The molecule has 0 amide bonds. The number of Topliss-reactive ketones (excluding diaryl/α,β-unsaturated/α-hetero) is 1. The number of rotatable bonds is 4. The molecule has 0 aromatic rings. The van der Waals surface area contributed by atoms with Gasteiger partial charge >= 0.3 is 0 Å². The quantitative estimate of drug-likeness (QED) is 0.638. The summed E-state index contributed by atoms with van der Waals surface area (Å²) in [5, 5.41) is 0. The Labute approximate surface area is 101 Å². The van der Waals surface area contributed by atoms with Crippen molar-refractivity contribution in [1.82, 2.24) is 0 Å². The van der Waals surface area contributed by atoms with Gasteiger partial charge in [-0.25, -0.2) is 0 Å². The maximum atomic E-state index is 11.9. The van der Waals surface area contributed by atoms with E-state index in [1.807, 2.05) is 0 Å². The number of hydrogen-bond donors (Lipinski definition) is 0. The van der Waals surface area contributed by atoms with Crippen molar-refractivity contribution >= 4 is 5.78 Å². The fourth-order valence-electron chi connectivity index (χ4n) is 2.82. The van der Waals surface area contributed by atoms with E-state index < -0.39 is 0 Å². The molecule has 1 heteroatoms. The molecular formula is C15H28O. The predicted molar refractivity (Wildman–Crippen MR) is 69.4 cm³/mol. The van der Waals surface area contributed by atoms with E-state index >= 15 is 0 Å². The third-order valence-corrected chi connectivity index (χ3v) is 4.14. The summed E-state index contributed by atoms with van der Waals surface area (Å²) in [5.41, 5.74) is 0.379. The Bertz CT molecular complexity index is 224. The Kier molecular flexibility index (Phi) is 5.01. The van der Waals surface area contributed by atoms with Gasteiger partial charge < -0.3 is 0 Å². The summed E-state index contributed by atoms with van der Waals surface area (Å²) in [6.45, 7) is 9.17. The molecule has 1 aliphatic carbocycles. The minimum Gasteiger partial charge on any atom is -0.299 e. The topological polar surface area (TPSA) is 17.1 Å². The maximum Gasteiger partial charge on any atom is 0.135 e. The van der Waals surface area contributed by atoms with Gasteiger partial charge in [0.2, 0.25) is 0 Å². The fourth-order valence-corrected chi connectivity index (χ4v) is 2.82. The van der Waals surface area contributed by atoms with Crippen LogP contribution in [-0.2, 0) is 4.79 Å². The lowest BCUT2D eigenvalue weighted by atomic mass is 9.68. The normalized spacial score (nSPS) is 27.1. The van der Waals surface area contributed by atoms with E-state index in [1.54, 1.807) is 0 Å². The molecule has 0 spiro atoms. The summed E-state index contributed by atoms with van der Waals surface area (Å²) >= 11 is 0. The summed E-state index contributed by atoms with van der Waals surface area (Å²) in [6, 6.07) is 0. The molecule has 0 aromatic heterocycles. The van der Waals surface area contributed by atoms with Gasteiger partial charge in [0.1, 0.15) is 5.78 Å². The number of carbonyl (C=O) groups is 1. The molecule has 1 aliphatic rings. The highest BCUT2D eigenvalue weighted by molar-refractivity contribution is 5.81. The lowest BCUT2D eigenvalue weighted by Gasteiger charge is -2.37. The number of ketones is 1. The van der Waals surface area contributed by atoms with Crippen molar-refractivity contribution in [3.8, 4) is 0 Å². The van der Waals surface area contributed by atoms with Crippen molar-refractivity contribution in [3.05, 3.63) is 0 Å². The van der Waals surface area contributed by atoms with E-state index in [0.29, 0.717) is 17.1 Å². The molecule has 0 bridgehead atoms. The molecule has 94 valence electrons. The van der Waals surface area contributed by atoms with E-state index in [4.69, 9.17) is 0 Å². The van der Waals surface area contributed by atoms with Crippen molar-refractivity contribution in [2.45, 2.75) is 72.6 Å². The standard InChI is InChI=1S/C15H28O/c1-5-6-7-8-12-11-13(15(2,3)4)9-10-14(12)16/h12-13H,5-11H2,1-4H3. The van der Waals surface area contributed by atoms with Crippen LogP contribution in [0, 0.1) is 17.3 Å². The molecule has 0 aliphatic heterocycles. The maximum absolute atomic E-state index is 11.9. The SMILES string of the molecule is CCCCCC1CC(C(C)(C)C)CCC1=O. The molecule has 0 heterocycles. The van der Waals surface area contributed by atoms with Crippen molar-refractivity contribution in [2.24, 2.45) is 17.3 Å². The first-order valence-electron chi connectivity index (χ1n) is 6.98. The monoisotopic (exact) mass is 224 g/mol.